The summed E-state index contributed by atoms with van der Waals surface area (Å²) in [5.74, 6) is 0.841. The van der Waals surface area contributed by atoms with Crippen molar-refractivity contribution in [2.24, 2.45) is 0 Å². The fourth-order valence-corrected chi connectivity index (χ4v) is 4.50. The molecule has 2 aromatic carbocycles. The third-order valence-corrected chi connectivity index (χ3v) is 6.45. The average Bonchev–Trinajstić information content (AvgIpc) is 2.82. The number of benzene rings is 2. The molecule has 162 valence electrons. The molecule has 0 atom stereocenters. The molecular weight excluding hydrogens is 384 g/mol. The van der Waals surface area contributed by atoms with Crippen LogP contribution >= 0.6 is 0 Å². The molecule has 0 amide bonds. The van der Waals surface area contributed by atoms with Crippen molar-refractivity contribution in [3.8, 4) is 5.75 Å². The van der Waals surface area contributed by atoms with E-state index >= 15 is 0 Å². The van der Waals surface area contributed by atoms with Crippen LogP contribution in [0.1, 0.15) is 43.2 Å². The number of nitrogens with one attached hydrogen (secondary N) is 1. The van der Waals surface area contributed by atoms with Crippen molar-refractivity contribution in [2.75, 3.05) is 13.7 Å². The maximum Gasteiger partial charge on any atom is 0.119 e. The molecule has 1 aliphatic rings. The zero-order valence-corrected chi connectivity index (χ0v) is 18.3. The Morgan fingerprint density at radius 3 is 2.71 bits per heavy atom. The summed E-state index contributed by atoms with van der Waals surface area (Å²) in [4.78, 5) is 4.46. The molecule has 4 nitrogen and oxygen atoms in total. The maximum absolute atomic E-state index is 11.2. The number of hydrogen-bond donors (Lipinski definition) is 2. The SMILES string of the molecule is COc1ccc2nccc(CCC3(O)CCC(NCC=Cc4ccccc4)CC3)c2c1. The summed E-state index contributed by atoms with van der Waals surface area (Å²) >= 11 is 0. The van der Waals surface area contributed by atoms with Crippen molar-refractivity contribution in [3.63, 3.8) is 0 Å². The monoisotopic (exact) mass is 416 g/mol. The molecule has 31 heavy (non-hydrogen) atoms. The first-order chi connectivity index (χ1) is 15.1. The molecule has 0 unspecified atom stereocenters. The van der Waals surface area contributed by atoms with Gasteiger partial charge in [0.2, 0.25) is 0 Å². The van der Waals surface area contributed by atoms with Crippen LogP contribution < -0.4 is 10.1 Å². The molecule has 4 rings (SSSR count). The molecule has 0 bridgehead atoms. The number of aromatic nitrogens is 1. The van der Waals surface area contributed by atoms with Crippen LogP contribution in [0.4, 0.5) is 0 Å². The third kappa shape index (κ3) is 5.72. The zero-order valence-electron chi connectivity index (χ0n) is 18.3. The second-order valence-electron chi connectivity index (χ2n) is 8.57. The first-order valence-corrected chi connectivity index (χ1v) is 11.2. The second-order valence-corrected chi connectivity index (χ2v) is 8.57. The molecule has 0 saturated heterocycles. The van der Waals surface area contributed by atoms with Gasteiger partial charge >= 0.3 is 0 Å². The van der Waals surface area contributed by atoms with Gasteiger partial charge in [0.05, 0.1) is 18.2 Å². The predicted octanol–water partition coefficient (Wildman–Crippen LogP) is 5.15. The minimum atomic E-state index is -0.577. The molecule has 0 aliphatic heterocycles. The summed E-state index contributed by atoms with van der Waals surface area (Å²) in [6.07, 6.45) is 11.5. The van der Waals surface area contributed by atoms with E-state index in [0.717, 1.165) is 61.7 Å². The molecule has 2 N–H and O–H groups in total. The van der Waals surface area contributed by atoms with Gasteiger partial charge < -0.3 is 15.2 Å². The summed E-state index contributed by atoms with van der Waals surface area (Å²) in [6, 6.07) is 18.9. The number of fused-ring (bicyclic) bond motifs is 1. The Kier molecular flexibility index (Phi) is 7.00. The van der Waals surface area contributed by atoms with E-state index < -0.39 is 5.60 Å². The number of aliphatic hydroxyl groups is 1. The van der Waals surface area contributed by atoms with E-state index in [1.165, 1.54) is 11.1 Å². The van der Waals surface area contributed by atoms with Gasteiger partial charge in [-0.2, -0.15) is 0 Å². The molecule has 1 aromatic heterocycles. The number of nitrogens with zero attached hydrogens (tertiary/aromatic N) is 1. The Hall–Kier alpha value is -2.69. The molecule has 3 aromatic rings. The lowest BCUT2D eigenvalue weighted by Gasteiger charge is -2.36. The van der Waals surface area contributed by atoms with Gasteiger partial charge in [0.15, 0.2) is 0 Å². The fraction of sp³-hybridized carbons (Fsp3) is 0.370. The van der Waals surface area contributed by atoms with Crippen LogP contribution in [0.2, 0.25) is 0 Å². The van der Waals surface area contributed by atoms with Crippen LogP contribution in [0.15, 0.2) is 66.9 Å². The van der Waals surface area contributed by atoms with Crippen molar-refractivity contribution >= 4 is 17.0 Å². The molecule has 1 aliphatic carbocycles. The first-order valence-electron chi connectivity index (χ1n) is 11.2. The lowest BCUT2D eigenvalue weighted by atomic mass is 9.78. The Balaban J connectivity index is 1.27. The number of pyridine rings is 1. The van der Waals surface area contributed by atoms with E-state index in [1.54, 1.807) is 7.11 Å². The number of rotatable bonds is 8. The molecule has 0 spiro atoms. The number of ether oxygens (including phenoxy) is 1. The van der Waals surface area contributed by atoms with Crippen LogP contribution in [0.25, 0.3) is 17.0 Å². The van der Waals surface area contributed by atoms with E-state index in [-0.39, 0.29) is 0 Å². The lowest BCUT2D eigenvalue weighted by Crippen LogP contribution is -2.41. The van der Waals surface area contributed by atoms with Gasteiger partial charge in [0.1, 0.15) is 5.75 Å². The minimum Gasteiger partial charge on any atom is -0.497 e. The highest BCUT2D eigenvalue weighted by molar-refractivity contribution is 5.83. The molecule has 1 saturated carbocycles. The van der Waals surface area contributed by atoms with Crippen LogP contribution in [0, 0.1) is 0 Å². The standard InChI is InChI=1S/C27H32N2O2/c1-31-24-9-10-26-25(20-24)22(14-19-29-26)11-15-27(30)16-12-23(13-17-27)28-18-5-8-21-6-3-2-4-7-21/h2-10,14,19-20,23,28,30H,11-13,15-18H2,1H3. The number of aryl methyl sites for hydroxylation is 1. The molecule has 1 heterocycles. The Morgan fingerprint density at radius 2 is 1.94 bits per heavy atom. The summed E-state index contributed by atoms with van der Waals surface area (Å²) in [7, 11) is 1.68. The van der Waals surface area contributed by atoms with E-state index in [1.807, 2.05) is 30.5 Å². The van der Waals surface area contributed by atoms with Gasteiger partial charge in [0, 0.05) is 24.2 Å². The predicted molar refractivity (Wildman–Crippen MR) is 127 cm³/mol. The summed E-state index contributed by atoms with van der Waals surface area (Å²) < 4.78 is 5.38. The Morgan fingerprint density at radius 1 is 1.13 bits per heavy atom. The maximum atomic E-state index is 11.2. The summed E-state index contributed by atoms with van der Waals surface area (Å²) in [5.41, 5.74) is 2.85. The van der Waals surface area contributed by atoms with E-state index in [2.05, 4.69) is 52.8 Å². The van der Waals surface area contributed by atoms with E-state index in [9.17, 15) is 5.11 Å². The van der Waals surface area contributed by atoms with Crippen molar-refractivity contribution < 1.29 is 9.84 Å². The van der Waals surface area contributed by atoms with Crippen LogP contribution in [-0.4, -0.2) is 35.4 Å². The Bertz CT molecular complexity index is 1010. The van der Waals surface area contributed by atoms with Crippen LogP contribution in [0.3, 0.4) is 0 Å². The average molecular weight is 417 g/mol. The van der Waals surface area contributed by atoms with Gasteiger partial charge in [0.25, 0.3) is 0 Å². The van der Waals surface area contributed by atoms with Crippen molar-refractivity contribution in [3.05, 3.63) is 78.0 Å². The smallest absolute Gasteiger partial charge is 0.119 e. The second kappa shape index (κ2) is 10.1. The van der Waals surface area contributed by atoms with Gasteiger partial charge in [-0.05, 0) is 73.9 Å². The Labute approximate surface area is 185 Å². The number of hydrogen-bond acceptors (Lipinski definition) is 4. The molecule has 4 heteroatoms. The number of methoxy groups -OCH3 is 1. The van der Waals surface area contributed by atoms with Gasteiger partial charge in [-0.15, -0.1) is 0 Å². The quantitative estimate of drug-likeness (QED) is 0.533. The molecule has 0 radical (unpaired) electrons. The van der Waals surface area contributed by atoms with Crippen molar-refractivity contribution in [1.29, 1.82) is 0 Å². The summed E-state index contributed by atoms with van der Waals surface area (Å²) in [6.45, 7) is 0.864. The minimum absolute atomic E-state index is 0.478. The van der Waals surface area contributed by atoms with Crippen LogP contribution in [-0.2, 0) is 6.42 Å². The van der Waals surface area contributed by atoms with E-state index in [4.69, 9.17) is 4.74 Å². The first kappa shape index (κ1) is 21.5. The molecule has 1 fully saturated rings. The van der Waals surface area contributed by atoms with Gasteiger partial charge in [-0.1, -0.05) is 42.5 Å². The largest absolute Gasteiger partial charge is 0.497 e. The van der Waals surface area contributed by atoms with Crippen molar-refractivity contribution in [2.45, 2.75) is 50.2 Å². The van der Waals surface area contributed by atoms with E-state index in [0.29, 0.717) is 6.04 Å². The zero-order chi connectivity index (χ0) is 21.5. The highest BCUT2D eigenvalue weighted by atomic mass is 16.5. The normalized spacial score (nSPS) is 21.5. The van der Waals surface area contributed by atoms with Gasteiger partial charge in [-0.25, -0.2) is 0 Å². The highest BCUT2D eigenvalue weighted by Gasteiger charge is 2.32. The third-order valence-electron chi connectivity index (χ3n) is 6.45. The molecular formula is C27H32N2O2. The summed E-state index contributed by atoms with van der Waals surface area (Å²) in [5, 5.41) is 15.9. The highest BCUT2D eigenvalue weighted by Crippen LogP contribution is 2.33. The fourth-order valence-electron chi connectivity index (χ4n) is 4.50. The van der Waals surface area contributed by atoms with Gasteiger partial charge in [-0.3, -0.25) is 4.98 Å². The topological polar surface area (TPSA) is 54.4 Å². The lowest BCUT2D eigenvalue weighted by molar-refractivity contribution is -0.0103. The van der Waals surface area contributed by atoms with Crippen LogP contribution in [0.5, 0.6) is 5.75 Å². The van der Waals surface area contributed by atoms with Crippen molar-refractivity contribution in [1.82, 2.24) is 10.3 Å².